The molecule has 128 valence electrons. The number of hydrogen-bond acceptors (Lipinski definition) is 6. The van der Waals surface area contributed by atoms with Crippen molar-refractivity contribution in [3.05, 3.63) is 12.1 Å². The van der Waals surface area contributed by atoms with Crippen LogP contribution in [0.4, 0.5) is 17.1 Å². The molecule has 0 bridgehead atoms. The fourth-order valence-electron chi connectivity index (χ4n) is 2.21. The molecule has 0 aromatic heterocycles. The molecule has 23 heavy (non-hydrogen) atoms. The lowest BCUT2D eigenvalue weighted by Crippen LogP contribution is -2.31. The van der Waals surface area contributed by atoms with Crippen molar-refractivity contribution in [2.45, 2.75) is 20.8 Å². The van der Waals surface area contributed by atoms with Crippen LogP contribution in [0.25, 0.3) is 0 Å². The summed E-state index contributed by atoms with van der Waals surface area (Å²) in [5, 5.41) is 5.79. The third-order valence-corrected chi connectivity index (χ3v) is 3.25. The van der Waals surface area contributed by atoms with Crippen molar-refractivity contribution in [2.24, 2.45) is 0 Å². The molecule has 0 unspecified atom stereocenters. The van der Waals surface area contributed by atoms with Crippen LogP contribution in [0, 0.1) is 0 Å². The van der Waals surface area contributed by atoms with Crippen LogP contribution in [0.5, 0.6) is 5.75 Å². The van der Waals surface area contributed by atoms with Crippen LogP contribution in [0.2, 0.25) is 0 Å². The van der Waals surface area contributed by atoms with Crippen molar-refractivity contribution >= 4 is 28.9 Å². The minimum atomic E-state index is -0.310. The molecule has 1 aromatic rings. The van der Waals surface area contributed by atoms with Crippen LogP contribution in [0.1, 0.15) is 20.8 Å². The minimum absolute atomic E-state index is 0.110. The molecule has 1 rings (SSSR count). The molecule has 0 fully saturated rings. The van der Waals surface area contributed by atoms with Gasteiger partial charge in [0.1, 0.15) is 12.3 Å². The maximum Gasteiger partial charge on any atom is 0.325 e. The highest BCUT2D eigenvalue weighted by Gasteiger charge is 2.18. The van der Waals surface area contributed by atoms with Gasteiger partial charge >= 0.3 is 5.97 Å². The van der Waals surface area contributed by atoms with E-state index >= 15 is 0 Å². The first kappa shape index (κ1) is 18.6. The van der Waals surface area contributed by atoms with E-state index in [2.05, 4.69) is 10.6 Å². The Bertz CT molecular complexity index is 561. The summed E-state index contributed by atoms with van der Waals surface area (Å²) in [5.74, 6) is 0.121. The summed E-state index contributed by atoms with van der Waals surface area (Å²) in [6, 6.07) is 3.57. The molecular formula is C16H25N3O4. The van der Waals surface area contributed by atoms with Gasteiger partial charge in [-0.25, -0.2) is 0 Å². The largest absolute Gasteiger partial charge is 0.495 e. The van der Waals surface area contributed by atoms with Gasteiger partial charge in [0.05, 0.1) is 30.8 Å². The lowest BCUT2D eigenvalue weighted by Gasteiger charge is -2.25. The first-order chi connectivity index (χ1) is 11.0. The molecule has 2 N–H and O–H groups in total. The van der Waals surface area contributed by atoms with Crippen LogP contribution in [0.3, 0.4) is 0 Å². The summed E-state index contributed by atoms with van der Waals surface area (Å²) in [6.45, 7) is 6.18. The number of amides is 1. The summed E-state index contributed by atoms with van der Waals surface area (Å²) in [6.07, 6.45) is 0. The van der Waals surface area contributed by atoms with E-state index in [1.165, 1.54) is 6.92 Å². The smallest absolute Gasteiger partial charge is 0.325 e. The van der Waals surface area contributed by atoms with E-state index in [1.807, 2.05) is 11.8 Å². The Balaban J connectivity index is 3.24. The summed E-state index contributed by atoms with van der Waals surface area (Å²) in [4.78, 5) is 25.0. The molecule has 7 nitrogen and oxygen atoms in total. The highest BCUT2D eigenvalue weighted by atomic mass is 16.5. The number of carbonyl (C=O) groups is 2. The zero-order chi connectivity index (χ0) is 17.4. The molecule has 7 heteroatoms. The molecule has 0 atom stereocenters. The average molecular weight is 323 g/mol. The van der Waals surface area contributed by atoms with Crippen LogP contribution >= 0.6 is 0 Å². The lowest BCUT2D eigenvalue weighted by atomic mass is 10.2. The number of hydrogen-bond donors (Lipinski definition) is 2. The van der Waals surface area contributed by atoms with Gasteiger partial charge in [-0.1, -0.05) is 0 Å². The first-order valence-corrected chi connectivity index (χ1v) is 7.54. The Hall–Kier alpha value is -2.44. The second kappa shape index (κ2) is 8.87. The second-order valence-electron chi connectivity index (χ2n) is 4.82. The molecule has 0 saturated heterocycles. The van der Waals surface area contributed by atoms with E-state index < -0.39 is 0 Å². The van der Waals surface area contributed by atoms with Crippen molar-refractivity contribution in [3.8, 4) is 5.75 Å². The summed E-state index contributed by atoms with van der Waals surface area (Å²) >= 11 is 0. The van der Waals surface area contributed by atoms with Gasteiger partial charge in [-0.05, 0) is 19.9 Å². The molecule has 0 saturated carbocycles. The van der Waals surface area contributed by atoms with Crippen molar-refractivity contribution in [2.75, 3.05) is 49.4 Å². The number of methoxy groups -OCH3 is 1. The van der Waals surface area contributed by atoms with Crippen molar-refractivity contribution in [3.63, 3.8) is 0 Å². The van der Waals surface area contributed by atoms with E-state index in [-0.39, 0.29) is 18.4 Å². The zero-order valence-electron chi connectivity index (χ0n) is 14.4. The third-order valence-electron chi connectivity index (χ3n) is 3.25. The minimum Gasteiger partial charge on any atom is -0.495 e. The number of rotatable bonds is 8. The summed E-state index contributed by atoms with van der Waals surface area (Å²) in [7, 11) is 3.32. The molecule has 0 heterocycles. The topological polar surface area (TPSA) is 79.9 Å². The number of nitrogens with one attached hydrogen (secondary N) is 2. The van der Waals surface area contributed by atoms with Gasteiger partial charge in [0.25, 0.3) is 0 Å². The van der Waals surface area contributed by atoms with Crippen molar-refractivity contribution < 1.29 is 19.1 Å². The molecule has 0 spiro atoms. The summed E-state index contributed by atoms with van der Waals surface area (Å²) in [5.41, 5.74) is 2.07. The fourth-order valence-corrected chi connectivity index (χ4v) is 2.21. The molecule has 0 aliphatic heterocycles. The predicted molar refractivity (Wildman–Crippen MR) is 91.4 cm³/mol. The van der Waals surface area contributed by atoms with E-state index in [4.69, 9.17) is 9.47 Å². The maximum absolute atomic E-state index is 11.8. The van der Waals surface area contributed by atoms with Gasteiger partial charge in [-0.15, -0.1) is 0 Å². The van der Waals surface area contributed by atoms with Crippen LogP contribution in [0.15, 0.2) is 12.1 Å². The number of ether oxygens (including phenoxy) is 2. The SMILES string of the molecule is CCOC(=O)CN(CC)c1cc(NC(C)=O)c(NC)cc1OC. The number of anilines is 3. The summed E-state index contributed by atoms with van der Waals surface area (Å²) < 4.78 is 10.4. The second-order valence-corrected chi connectivity index (χ2v) is 4.82. The Morgan fingerprint density at radius 2 is 1.91 bits per heavy atom. The van der Waals surface area contributed by atoms with Crippen molar-refractivity contribution in [1.29, 1.82) is 0 Å². The number of carbonyl (C=O) groups excluding carboxylic acids is 2. The first-order valence-electron chi connectivity index (χ1n) is 7.54. The van der Waals surface area contributed by atoms with E-state index in [0.717, 1.165) is 5.69 Å². The standard InChI is InChI=1S/C16H25N3O4/c1-6-19(10-16(21)23-7-2)14-8-13(18-11(3)20)12(17-4)9-15(14)22-5/h8-9,17H,6-7,10H2,1-5H3,(H,18,20). The van der Waals surface area contributed by atoms with Crippen LogP contribution in [-0.4, -0.2) is 45.7 Å². The molecule has 1 aromatic carbocycles. The fraction of sp³-hybridized carbons (Fsp3) is 0.500. The Morgan fingerprint density at radius 3 is 2.39 bits per heavy atom. The van der Waals surface area contributed by atoms with Gasteiger partial charge in [0.2, 0.25) is 5.91 Å². The van der Waals surface area contributed by atoms with Crippen LogP contribution in [-0.2, 0) is 14.3 Å². The number of nitrogens with zero attached hydrogens (tertiary/aromatic N) is 1. The van der Waals surface area contributed by atoms with Crippen molar-refractivity contribution in [1.82, 2.24) is 0 Å². The monoisotopic (exact) mass is 323 g/mol. The maximum atomic E-state index is 11.8. The number of esters is 1. The van der Waals surface area contributed by atoms with E-state index in [1.54, 1.807) is 33.2 Å². The number of likely N-dealkylation sites (N-methyl/N-ethyl adjacent to an activating group) is 1. The van der Waals surface area contributed by atoms with Gasteiger partial charge in [0.15, 0.2) is 0 Å². The quantitative estimate of drug-likeness (QED) is 0.713. The zero-order valence-corrected chi connectivity index (χ0v) is 14.4. The number of benzene rings is 1. The normalized spacial score (nSPS) is 9.96. The molecular weight excluding hydrogens is 298 g/mol. The molecule has 1 amide bonds. The molecule has 0 radical (unpaired) electrons. The third kappa shape index (κ3) is 5.05. The Kier molecular flexibility index (Phi) is 7.18. The van der Waals surface area contributed by atoms with E-state index in [9.17, 15) is 9.59 Å². The van der Waals surface area contributed by atoms with Gasteiger partial charge in [0, 0.05) is 26.6 Å². The highest BCUT2D eigenvalue weighted by Crippen LogP contribution is 2.37. The molecule has 0 aliphatic rings. The van der Waals surface area contributed by atoms with Gasteiger partial charge in [-0.2, -0.15) is 0 Å². The van der Waals surface area contributed by atoms with Gasteiger partial charge in [-0.3, -0.25) is 9.59 Å². The van der Waals surface area contributed by atoms with Crippen LogP contribution < -0.4 is 20.3 Å². The Labute approximate surface area is 136 Å². The predicted octanol–water partition coefficient (Wildman–Crippen LogP) is 2.08. The van der Waals surface area contributed by atoms with E-state index in [0.29, 0.717) is 30.3 Å². The Morgan fingerprint density at radius 1 is 1.22 bits per heavy atom. The lowest BCUT2D eigenvalue weighted by molar-refractivity contribution is -0.141. The highest BCUT2D eigenvalue weighted by molar-refractivity contribution is 5.94. The average Bonchev–Trinajstić information content (AvgIpc) is 2.52. The molecule has 0 aliphatic carbocycles. The van der Waals surface area contributed by atoms with Gasteiger partial charge < -0.3 is 25.0 Å².